The molecule has 17 amide bonds. The van der Waals surface area contributed by atoms with E-state index in [-0.39, 0.29) is 159 Å². The molecule has 1 heterocycles. The molecule has 146 heavy (non-hydrogen) atoms. The second kappa shape index (κ2) is 72.4. The van der Waals surface area contributed by atoms with Gasteiger partial charge in [0.2, 0.25) is 100 Å². The molecule has 0 saturated heterocycles. The van der Waals surface area contributed by atoms with Crippen molar-refractivity contribution in [3.8, 4) is 0 Å². The molecule has 1 aliphatic heterocycles. The van der Waals surface area contributed by atoms with Gasteiger partial charge in [0.05, 0.1) is 39.6 Å². The summed E-state index contributed by atoms with van der Waals surface area (Å²) in [6, 6.07) is -11.9. The zero-order valence-electron chi connectivity index (χ0n) is 88.5. The molecule has 46 nitrogen and oxygen atoms in total. The van der Waals surface area contributed by atoms with Gasteiger partial charge in [0.25, 0.3) is 0 Å². The van der Waals surface area contributed by atoms with Crippen LogP contribution in [-0.4, -0.2) is 304 Å². The Bertz CT molecular complexity index is 4230. The number of ether oxygens (including phenoxy) is 3. The van der Waals surface area contributed by atoms with E-state index in [1.165, 1.54) is 41.5 Å². The summed E-state index contributed by atoms with van der Waals surface area (Å²) in [5, 5.41) is 66.3. The van der Waals surface area contributed by atoms with E-state index in [1.807, 2.05) is 0 Å². The molecule has 0 aromatic heterocycles. The molecule has 0 fully saturated rings. The number of aliphatic hydroxyl groups excluding tert-OH is 1. The van der Waals surface area contributed by atoms with Crippen molar-refractivity contribution in [2.24, 2.45) is 58.1 Å². The van der Waals surface area contributed by atoms with Crippen molar-refractivity contribution < 1.29 is 111 Å². The van der Waals surface area contributed by atoms with Gasteiger partial charge in [-0.25, -0.2) is 4.79 Å². The van der Waals surface area contributed by atoms with E-state index >= 15 is 0 Å². The standard InChI is InChI=1S/C100H177N23O23/c1-61(2)54-75(118-88(132)72(38-24-31-45-103)113-86(130)70(36-22-29-43-101)111-81(125)60-146-53-52-145-51-50-144-49-48-106)89(133)107-65(9)82(126)112-71(37-23-30-44-102)87(131)120-79(58-69-34-20-19-21-35-69)93(137)119-76(55-62(3)4)90(134)108-66(10)83(127)121-80(59-124)95(139)123-100(14)42-28-18-16-15-17-27-41-99(13,97(142)109-68(12)85(129)117-78(57-64(7)8)92(136)115-74(96(140)141)40-26-33-47-105)122-94(138)73(39-25-32-46-104)114-91(135)77(56-63(5)6)116-84(128)67(11)110-98(100)143/h15-16,19-21,34-35,61-68,70-80,124H,17-18,22-33,36-60,101-106H2,1-14H3,(H,107,133)(H,108,134)(H,109,142)(H,110,143)(H,111,125)(H,112,126)(H,113,130)(H,114,135)(H,115,136)(H,116,128)(H,117,129)(H,118,132)(H,119,137)(H,120,131)(H,121,127)(H,122,138)(H,123,139)(H,140,141)/b16-15+/t65-,66-,67-,68-,70-,71-,72-,73-,74-,75-,76-,77-,78-,79-,80-,99-,100-/m0/s1. The van der Waals surface area contributed by atoms with Gasteiger partial charge in [0.1, 0.15) is 108 Å². The molecule has 1 aliphatic rings. The monoisotopic (exact) mass is 2070 g/mol. The summed E-state index contributed by atoms with van der Waals surface area (Å²) in [7, 11) is 0. The fraction of sp³-hybridized carbons (Fsp3) is 0.740. The van der Waals surface area contributed by atoms with E-state index in [2.05, 4.69) is 90.4 Å². The lowest BCUT2D eigenvalue weighted by Crippen LogP contribution is -2.64. The predicted octanol–water partition coefficient (Wildman–Crippen LogP) is -1.84. The molecule has 0 saturated carbocycles. The number of aliphatic carboxylic acids is 1. The Labute approximate surface area is 860 Å². The summed E-state index contributed by atoms with van der Waals surface area (Å²) >= 11 is 0. The topological polar surface area (TPSA) is 736 Å². The maximum Gasteiger partial charge on any atom is 0.326 e. The van der Waals surface area contributed by atoms with Crippen molar-refractivity contribution in [3.63, 3.8) is 0 Å². The van der Waals surface area contributed by atoms with E-state index in [0.29, 0.717) is 109 Å². The average molecular weight is 2070 g/mol. The molecule has 0 aliphatic carbocycles. The van der Waals surface area contributed by atoms with Crippen LogP contribution < -0.4 is 125 Å². The minimum atomic E-state index is -1.93. The van der Waals surface area contributed by atoms with Gasteiger partial charge in [-0.15, -0.1) is 0 Å². The zero-order chi connectivity index (χ0) is 110. The number of hydrogen-bond donors (Lipinski definition) is 25. The van der Waals surface area contributed by atoms with Crippen molar-refractivity contribution in [2.75, 3.05) is 85.5 Å². The third kappa shape index (κ3) is 52.6. The highest BCUT2D eigenvalue weighted by Gasteiger charge is 2.44. The van der Waals surface area contributed by atoms with Crippen LogP contribution in [-0.2, 0) is 107 Å². The fourth-order valence-corrected chi connectivity index (χ4v) is 15.8. The second-order valence-corrected chi connectivity index (χ2v) is 39.7. The maximum atomic E-state index is 14.9. The molecule has 1 aromatic rings. The number of allylic oxidation sites excluding steroid dienone is 2. The number of carboxylic acid groups (broad SMARTS) is 1. The summed E-state index contributed by atoms with van der Waals surface area (Å²) in [5.41, 5.74) is 31.3. The fourth-order valence-electron chi connectivity index (χ4n) is 15.8. The summed E-state index contributed by atoms with van der Waals surface area (Å²) in [6.45, 7) is 23.9. The number of nitrogens with two attached hydrogens (primary N) is 6. The first-order valence-corrected chi connectivity index (χ1v) is 51.8. The number of benzene rings is 1. The average Bonchev–Trinajstić information content (AvgIpc) is 0.892. The number of carbonyl (C=O) groups excluding carboxylic acids is 17. The maximum absolute atomic E-state index is 14.9. The Hall–Kier alpha value is -11.0. The van der Waals surface area contributed by atoms with Gasteiger partial charge in [-0.2, -0.15) is 0 Å². The molecular formula is C100H177N23O23. The van der Waals surface area contributed by atoms with Crippen molar-refractivity contribution >= 4 is 106 Å². The highest BCUT2D eigenvalue weighted by molar-refractivity contribution is 6.02. The first kappa shape index (κ1) is 131. The summed E-state index contributed by atoms with van der Waals surface area (Å²) in [6.07, 6.45) is 8.83. The number of unbranched alkanes of at least 4 members (excludes halogenated alkanes) is 5. The lowest BCUT2D eigenvalue weighted by atomic mass is 9.91. The Kier molecular flexibility index (Phi) is 65.0. The molecule has 1 aromatic carbocycles. The Morgan fingerprint density at radius 2 is 0.781 bits per heavy atom. The van der Waals surface area contributed by atoms with Crippen molar-refractivity contribution in [2.45, 2.75) is 366 Å². The van der Waals surface area contributed by atoms with Crippen LogP contribution in [0.3, 0.4) is 0 Å². The van der Waals surface area contributed by atoms with Crippen molar-refractivity contribution in [1.82, 2.24) is 90.4 Å². The number of rotatable bonds is 67. The van der Waals surface area contributed by atoms with Crippen LogP contribution in [0.4, 0.5) is 0 Å². The molecule has 0 bridgehead atoms. The number of carboxylic acids is 1. The lowest BCUT2D eigenvalue weighted by molar-refractivity contribution is -0.142. The Balaban J connectivity index is 2.53. The molecule has 0 radical (unpaired) electrons. The summed E-state index contributed by atoms with van der Waals surface area (Å²) in [4.78, 5) is 257. The van der Waals surface area contributed by atoms with Gasteiger partial charge in [-0.3, -0.25) is 81.5 Å². The van der Waals surface area contributed by atoms with E-state index in [1.54, 1.807) is 97.9 Å². The molecule has 2 rings (SSSR count). The molecule has 0 spiro atoms. The van der Waals surface area contributed by atoms with Gasteiger partial charge >= 0.3 is 5.97 Å². The number of nitrogens with one attached hydrogen (secondary N) is 17. The minimum Gasteiger partial charge on any atom is -0.480 e. The van der Waals surface area contributed by atoms with Crippen LogP contribution in [0.25, 0.3) is 0 Å². The molecular weight excluding hydrogens is 1890 g/mol. The third-order valence-electron chi connectivity index (χ3n) is 24.3. The second-order valence-electron chi connectivity index (χ2n) is 39.7. The SMILES string of the molecule is CC(C)C[C@H](NC(=O)[C@H](C)NC(=O)[C@]1(C)CCC/C=C/CCC[C@](C)(NC(=O)[C@H](CO)NC(=O)[C@H](C)NC(=O)[C@H](CC(C)C)NC(=O)[C@H](Cc2ccccc2)NC(=O)[C@H](CCCCN)NC(=O)[C@H](C)NC(=O)[C@H](CC(C)C)NC(=O)[C@H](CCCCN)NC(=O)[C@H](CCCCN)NC(=O)COCCOCCOCCN)C(=O)N[C@@H](C)C(=O)N[C@@H](CC(C)C)C(=O)N[C@@H](CCCCN)C(=O)N1)C(=O)N[C@@H](CCCCN)C(=O)O. The Morgan fingerprint density at radius 3 is 1.24 bits per heavy atom. The van der Waals surface area contributed by atoms with Crippen LogP contribution in [0.5, 0.6) is 0 Å². The van der Waals surface area contributed by atoms with Crippen LogP contribution >= 0.6 is 0 Å². The van der Waals surface area contributed by atoms with Gasteiger partial charge in [-0.05, 0) is 264 Å². The van der Waals surface area contributed by atoms with Gasteiger partial charge in [-0.1, -0.05) is 97.9 Å². The van der Waals surface area contributed by atoms with Gasteiger partial charge < -0.3 is 149 Å². The third-order valence-corrected chi connectivity index (χ3v) is 24.3. The summed E-state index contributed by atoms with van der Waals surface area (Å²) < 4.78 is 16.2. The zero-order valence-corrected chi connectivity index (χ0v) is 88.5. The number of hydrogen-bond acceptors (Lipinski definition) is 28. The van der Waals surface area contributed by atoms with Crippen molar-refractivity contribution in [3.05, 3.63) is 48.0 Å². The normalized spacial score (nSPS) is 19.4. The van der Waals surface area contributed by atoms with E-state index in [4.69, 9.17) is 48.6 Å². The van der Waals surface area contributed by atoms with E-state index in [0.717, 1.165) is 0 Å². The number of aliphatic hydroxyl groups is 1. The highest BCUT2D eigenvalue weighted by atomic mass is 16.5. The largest absolute Gasteiger partial charge is 0.480 e. The smallest absolute Gasteiger partial charge is 0.326 e. The molecule has 830 valence electrons. The van der Waals surface area contributed by atoms with Gasteiger partial charge in [0.15, 0.2) is 0 Å². The van der Waals surface area contributed by atoms with Crippen LogP contribution in [0.1, 0.15) is 263 Å². The van der Waals surface area contributed by atoms with E-state index in [9.17, 15) is 96.5 Å². The van der Waals surface area contributed by atoms with Gasteiger partial charge in [0, 0.05) is 13.0 Å². The quantitative estimate of drug-likeness (QED) is 0.0252. The molecule has 17 atom stereocenters. The molecule has 0 unspecified atom stereocenters. The number of carbonyl (C=O) groups is 18. The first-order valence-electron chi connectivity index (χ1n) is 51.8. The minimum absolute atomic E-state index is 0.0153. The summed E-state index contributed by atoms with van der Waals surface area (Å²) in [5.74, 6) is -16.3. The van der Waals surface area contributed by atoms with Crippen LogP contribution in [0.15, 0.2) is 42.5 Å². The molecule has 46 heteroatoms. The number of amides is 17. The highest BCUT2D eigenvalue weighted by Crippen LogP contribution is 2.23. The van der Waals surface area contributed by atoms with Crippen LogP contribution in [0, 0.1) is 23.7 Å². The van der Waals surface area contributed by atoms with Crippen LogP contribution in [0.2, 0.25) is 0 Å². The van der Waals surface area contributed by atoms with E-state index < -0.39 is 221 Å². The van der Waals surface area contributed by atoms with Crippen molar-refractivity contribution in [1.29, 1.82) is 0 Å². The lowest BCUT2D eigenvalue weighted by Gasteiger charge is -2.33. The Morgan fingerprint density at radius 1 is 0.397 bits per heavy atom. The molecule has 31 N–H and O–H groups in total. The predicted molar refractivity (Wildman–Crippen MR) is 550 cm³/mol. The first-order chi connectivity index (χ1) is 69.2.